The molecule has 0 fully saturated rings. The largest absolute Gasteiger partial charge is 0.478 e. The fourth-order valence-electron chi connectivity index (χ4n) is 2.75. The molecule has 0 saturated heterocycles. The quantitative estimate of drug-likeness (QED) is 0.887. The van der Waals surface area contributed by atoms with Gasteiger partial charge in [-0.05, 0) is 38.0 Å². The van der Waals surface area contributed by atoms with Crippen LogP contribution in [-0.2, 0) is 5.54 Å². The first-order valence-electron chi connectivity index (χ1n) is 7.60. The number of rotatable bonds is 5. The Balaban J connectivity index is 2.78. The van der Waals surface area contributed by atoms with Gasteiger partial charge in [0.1, 0.15) is 5.82 Å². The van der Waals surface area contributed by atoms with Crippen molar-refractivity contribution in [2.75, 3.05) is 0 Å². The molecule has 4 nitrogen and oxygen atoms in total. The van der Waals surface area contributed by atoms with Crippen molar-refractivity contribution in [2.45, 2.75) is 58.9 Å². The van der Waals surface area contributed by atoms with E-state index in [1.807, 2.05) is 6.07 Å². The molecule has 0 unspecified atom stereocenters. The second-order valence-electron chi connectivity index (χ2n) is 6.17. The van der Waals surface area contributed by atoms with Crippen molar-refractivity contribution in [1.82, 2.24) is 9.55 Å². The van der Waals surface area contributed by atoms with Gasteiger partial charge in [-0.3, -0.25) is 0 Å². The van der Waals surface area contributed by atoms with E-state index in [0.29, 0.717) is 5.92 Å². The van der Waals surface area contributed by atoms with Gasteiger partial charge in [0.15, 0.2) is 0 Å². The van der Waals surface area contributed by atoms with Crippen LogP contribution >= 0.6 is 0 Å². The van der Waals surface area contributed by atoms with Crippen molar-refractivity contribution >= 4 is 17.0 Å². The van der Waals surface area contributed by atoms with Crippen molar-refractivity contribution < 1.29 is 9.90 Å². The van der Waals surface area contributed by atoms with Crippen molar-refractivity contribution in [2.24, 2.45) is 0 Å². The van der Waals surface area contributed by atoms with Crippen molar-refractivity contribution in [1.29, 1.82) is 0 Å². The van der Waals surface area contributed by atoms with E-state index in [2.05, 4.69) is 39.2 Å². The van der Waals surface area contributed by atoms with E-state index in [4.69, 9.17) is 10.1 Å². The maximum atomic E-state index is 11.1. The molecular formula is C17H24N2O2. The molecule has 0 radical (unpaired) electrons. The highest BCUT2D eigenvalue weighted by Crippen LogP contribution is 2.34. The van der Waals surface area contributed by atoms with E-state index in [9.17, 15) is 4.79 Å². The third-order valence-corrected chi connectivity index (χ3v) is 4.51. The maximum absolute atomic E-state index is 11.1. The van der Waals surface area contributed by atoms with Crippen LogP contribution in [0.5, 0.6) is 0 Å². The van der Waals surface area contributed by atoms with Crippen LogP contribution in [0.3, 0.4) is 0 Å². The minimum absolute atomic E-state index is 0.000899. The zero-order chi connectivity index (χ0) is 15.8. The summed E-state index contributed by atoms with van der Waals surface area (Å²) < 4.78 is 2.30. The van der Waals surface area contributed by atoms with E-state index in [1.165, 1.54) is 0 Å². The Morgan fingerprint density at radius 1 is 1.33 bits per heavy atom. The highest BCUT2D eigenvalue weighted by molar-refractivity contribution is 5.92. The molecule has 0 atom stereocenters. The summed E-state index contributed by atoms with van der Waals surface area (Å²) in [7, 11) is 0. The van der Waals surface area contributed by atoms with Gasteiger partial charge in [0.2, 0.25) is 0 Å². The smallest absolute Gasteiger partial charge is 0.335 e. The van der Waals surface area contributed by atoms with Gasteiger partial charge in [0.25, 0.3) is 0 Å². The van der Waals surface area contributed by atoms with Crippen molar-refractivity contribution in [3.8, 4) is 0 Å². The number of hydrogen-bond donors (Lipinski definition) is 1. The van der Waals surface area contributed by atoms with Crippen LogP contribution < -0.4 is 0 Å². The van der Waals surface area contributed by atoms with Crippen LogP contribution in [0.25, 0.3) is 11.0 Å². The monoisotopic (exact) mass is 288 g/mol. The topological polar surface area (TPSA) is 55.1 Å². The lowest BCUT2D eigenvalue weighted by Gasteiger charge is -2.32. The molecule has 0 spiro atoms. The van der Waals surface area contributed by atoms with Crippen molar-refractivity contribution in [3.05, 3.63) is 29.6 Å². The number of nitrogens with zero attached hydrogens (tertiary/aromatic N) is 2. The summed E-state index contributed by atoms with van der Waals surface area (Å²) in [5.74, 6) is 0.410. The predicted octanol–water partition coefficient (Wildman–Crippen LogP) is 4.39. The zero-order valence-corrected chi connectivity index (χ0v) is 13.5. The van der Waals surface area contributed by atoms with Crippen LogP contribution in [-0.4, -0.2) is 20.6 Å². The van der Waals surface area contributed by atoms with Gasteiger partial charge in [0.05, 0.1) is 16.6 Å². The van der Waals surface area contributed by atoms with E-state index in [1.54, 1.807) is 12.1 Å². The first-order chi connectivity index (χ1) is 9.84. The summed E-state index contributed by atoms with van der Waals surface area (Å²) in [6, 6.07) is 5.23. The molecule has 4 heteroatoms. The van der Waals surface area contributed by atoms with E-state index in [0.717, 1.165) is 29.7 Å². The first-order valence-corrected chi connectivity index (χ1v) is 7.60. The molecule has 1 aromatic heterocycles. The lowest BCUT2D eigenvalue weighted by Crippen LogP contribution is -2.30. The van der Waals surface area contributed by atoms with Gasteiger partial charge in [-0.25, -0.2) is 9.78 Å². The summed E-state index contributed by atoms with van der Waals surface area (Å²) in [5, 5.41) is 9.15. The van der Waals surface area contributed by atoms with Crippen LogP contribution in [0, 0.1) is 0 Å². The van der Waals surface area contributed by atoms with E-state index in [-0.39, 0.29) is 11.1 Å². The Morgan fingerprint density at radius 2 is 1.95 bits per heavy atom. The molecule has 0 amide bonds. The average molecular weight is 288 g/mol. The minimum atomic E-state index is -0.911. The third-order valence-electron chi connectivity index (χ3n) is 4.51. The zero-order valence-electron chi connectivity index (χ0n) is 13.5. The Labute approximate surface area is 125 Å². The number of carboxylic acid groups (broad SMARTS) is 1. The van der Waals surface area contributed by atoms with Crippen LogP contribution in [0.2, 0.25) is 0 Å². The molecule has 0 aliphatic heterocycles. The molecule has 0 bridgehead atoms. The van der Waals surface area contributed by atoms with E-state index >= 15 is 0 Å². The van der Waals surface area contributed by atoms with Gasteiger partial charge >= 0.3 is 5.97 Å². The standard InChI is InChI=1S/C17H24N2O2/c1-6-17(5,7-2)19-14-9-8-12(16(20)21)10-13(14)18-15(19)11(3)4/h8-11H,6-7H2,1-5H3,(H,20,21). The van der Waals surface area contributed by atoms with Crippen LogP contribution in [0.1, 0.15) is 69.6 Å². The number of aromatic carboxylic acids is 1. The van der Waals surface area contributed by atoms with Gasteiger partial charge in [-0.15, -0.1) is 0 Å². The number of carboxylic acids is 1. The normalized spacial score (nSPS) is 12.3. The third kappa shape index (κ3) is 2.55. The molecule has 1 heterocycles. The molecule has 2 rings (SSSR count). The molecule has 114 valence electrons. The Morgan fingerprint density at radius 3 is 2.43 bits per heavy atom. The summed E-state index contributed by atoms with van der Waals surface area (Å²) in [6.45, 7) is 10.9. The number of benzene rings is 1. The van der Waals surface area contributed by atoms with E-state index < -0.39 is 5.97 Å². The molecule has 0 aliphatic carbocycles. The van der Waals surface area contributed by atoms with Gasteiger partial charge in [-0.1, -0.05) is 27.7 Å². The fourth-order valence-corrected chi connectivity index (χ4v) is 2.75. The highest BCUT2D eigenvalue weighted by Gasteiger charge is 2.28. The number of carbonyl (C=O) groups is 1. The van der Waals surface area contributed by atoms with Gasteiger partial charge in [0, 0.05) is 11.5 Å². The minimum Gasteiger partial charge on any atom is -0.478 e. The summed E-state index contributed by atoms with van der Waals surface area (Å²) >= 11 is 0. The van der Waals surface area contributed by atoms with Crippen molar-refractivity contribution in [3.63, 3.8) is 0 Å². The Bertz CT molecular complexity index is 667. The molecule has 21 heavy (non-hydrogen) atoms. The molecule has 0 aliphatic rings. The Hall–Kier alpha value is -1.84. The molecule has 0 saturated carbocycles. The second-order valence-corrected chi connectivity index (χ2v) is 6.17. The highest BCUT2D eigenvalue weighted by atomic mass is 16.4. The number of fused-ring (bicyclic) bond motifs is 1. The lowest BCUT2D eigenvalue weighted by atomic mass is 9.94. The Kier molecular flexibility index (Phi) is 4.08. The number of hydrogen-bond acceptors (Lipinski definition) is 2. The molecule has 1 N–H and O–H groups in total. The number of imidazole rings is 1. The summed E-state index contributed by atoms with van der Waals surface area (Å²) in [4.78, 5) is 15.9. The average Bonchev–Trinajstić information content (AvgIpc) is 2.85. The van der Waals surface area contributed by atoms with Crippen LogP contribution in [0.15, 0.2) is 18.2 Å². The van der Waals surface area contributed by atoms with Gasteiger partial charge < -0.3 is 9.67 Å². The first kappa shape index (κ1) is 15.5. The van der Waals surface area contributed by atoms with Gasteiger partial charge in [-0.2, -0.15) is 0 Å². The molecule has 2 aromatic rings. The maximum Gasteiger partial charge on any atom is 0.335 e. The molecular weight excluding hydrogens is 264 g/mol. The summed E-state index contributed by atoms with van der Waals surface area (Å²) in [5.41, 5.74) is 2.08. The van der Waals surface area contributed by atoms with Crippen LogP contribution in [0.4, 0.5) is 0 Å². The predicted molar refractivity (Wildman–Crippen MR) is 85.0 cm³/mol. The summed E-state index contributed by atoms with van der Waals surface area (Å²) in [6.07, 6.45) is 2.02. The number of aromatic nitrogens is 2. The molecule has 1 aromatic carbocycles. The fraction of sp³-hybridized carbons (Fsp3) is 0.529. The SMILES string of the molecule is CCC(C)(CC)n1c(C(C)C)nc2cc(C(=O)O)ccc21. The lowest BCUT2D eigenvalue weighted by molar-refractivity contribution is 0.0697. The second kappa shape index (κ2) is 5.51.